The molecule has 0 aromatic heterocycles. The molecule has 16 heteroatoms. The smallest absolute Gasteiger partial charge is 0.267 e. The number of hydrogen-bond acceptors (Lipinski definition) is 12. The van der Waals surface area contributed by atoms with Crippen LogP contribution in [0.1, 0.15) is 44.9 Å². The predicted molar refractivity (Wildman–Crippen MR) is 105 cm³/mol. The van der Waals surface area contributed by atoms with Gasteiger partial charge in [-0.2, -0.15) is 0 Å². The van der Waals surface area contributed by atoms with Gasteiger partial charge in [-0.15, -0.1) is 0 Å². The summed E-state index contributed by atoms with van der Waals surface area (Å²) in [5, 5.41) is 17.5. The van der Waals surface area contributed by atoms with Crippen LogP contribution in [-0.2, 0) is 27.9 Å². The molecule has 6 atom stereocenters. The first-order valence-corrected chi connectivity index (χ1v) is 13.4. The van der Waals surface area contributed by atoms with Crippen LogP contribution >= 0.6 is 24.9 Å². The Kier molecular flexibility index (Phi) is 17.2. The van der Waals surface area contributed by atoms with Gasteiger partial charge in [0, 0.05) is 26.1 Å². The van der Waals surface area contributed by atoms with Crippen LogP contribution in [0.25, 0.3) is 0 Å². The minimum Gasteiger partial charge on any atom is -0.811 e. The van der Waals surface area contributed by atoms with Gasteiger partial charge in [0.15, 0.2) is 12.6 Å². The number of phosphoric acid groups is 1. The molecule has 4 N–H and O–H groups in total. The van der Waals surface area contributed by atoms with Gasteiger partial charge >= 0.3 is 0 Å². The Balaban J connectivity index is 0.000000447. The van der Waals surface area contributed by atoms with Gasteiger partial charge in [0.1, 0.15) is 0 Å². The molecule has 3 saturated heterocycles. The van der Waals surface area contributed by atoms with Gasteiger partial charge in [0.25, 0.3) is 7.82 Å². The van der Waals surface area contributed by atoms with E-state index in [2.05, 4.69) is 4.52 Å². The SMILES string of the molecule is C1CCOC1.O=P([O-])(O)O[C@@H]1CC[C@@H](CO)O1.O=P([O-])([O-])CC[C@@H]1CC[C@@H](O)O1.OP. The highest BCUT2D eigenvalue weighted by Crippen LogP contribution is 2.36. The van der Waals surface area contributed by atoms with Crippen LogP contribution in [0.5, 0.6) is 0 Å². The Labute approximate surface area is 183 Å². The number of aliphatic hydroxyl groups is 2. The molecule has 3 heterocycles. The molecule has 3 rings (SSSR count). The quantitative estimate of drug-likeness (QED) is 0.292. The van der Waals surface area contributed by atoms with E-state index in [1.165, 1.54) is 22.3 Å². The zero-order valence-electron chi connectivity index (χ0n) is 17.0. The summed E-state index contributed by atoms with van der Waals surface area (Å²) in [5.74, 6) is 0. The first-order valence-electron chi connectivity index (χ1n) is 9.65. The Morgan fingerprint density at radius 3 is 1.90 bits per heavy atom. The van der Waals surface area contributed by atoms with E-state index in [9.17, 15) is 23.8 Å². The minimum absolute atomic E-state index is 0.172. The van der Waals surface area contributed by atoms with E-state index in [4.69, 9.17) is 34.2 Å². The van der Waals surface area contributed by atoms with Crippen molar-refractivity contribution in [3.05, 3.63) is 0 Å². The fourth-order valence-corrected chi connectivity index (χ4v) is 3.80. The lowest BCUT2D eigenvalue weighted by Crippen LogP contribution is -2.20. The molecule has 3 aliphatic rings. The maximum absolute atomic E-state index is 10.2. The number of hydrogen-bond donors (Lipinski definition) is 4. The van der Waals surface area contributed by atoms with E-state index in [1.54, 1.807) is 0 Å². The lowest BCUT2D eigenvalue weighted by atomic mass is 10.2. The van der Waals surface area contributed by atoms with Gasteiger partial charge in [-0.05, 0) is 47.7 Å². The third-order valence-electron chi connectivity index (χ3n) is 4.16. The van der Waals surface area contributed by atoms with Crippen molar-refractivity contribution >= 4 is 24.9 Å². The average molecular weight is 513 g/mol. The first-order chi connectivity index (χ1) is 14.5. The van der Waals surface area contributed by atoms with Crippen LogP contribution in [0.3, 0.4) is 0 Å². The summed E-state index contributed by atoms with van der Waals surface area (Å²) in [6, 6.07) is 0. The van der Waals surface area contributed by atoms with Crippen LogP contribution in [-0.4, -0.2) is 70.8 Å². The highest BCUT2D eigenvalue weighted by Gasteiger charge is 2.27. The van der Waals surface area contributed by atoms with Gasteiger partial charge in [-0.1, -0.05) is 7.60 Å². The van der Waals surface area contributed by atoms with Crippen molar-refractivity contribution in [3.63, 3.8) is 0 Å². The standard InChI is InChI=1S/C6H13O5P.C5H11O6P.C4H8O.H3OP/c7-6-2-1-5(11-6)3-4-12(8,9)10;6-3-4-1-2-5(10-4)11-12(7,8)9;1-2-4-5-3-1;1-2/h5-7H,1-4H2,(H2,8,9,10);4-6H,1-3H2,(H2,7,8,9);1-4H2;1H,2H2/p-3/t5-,6-;4-,5+;;/m00../s1. The molecule has 2 unspecified atom stereocenters. The molecule has 0 saturated carbocycles. The topological polar surface area (TPSA) is 221 Å². The Morgan fingerprint density at radius 2 is 1.55 bits per heavy atom. The lowest BCUT2D eigenvalue weighted by molar-refractivity contribution is -0.313. The summed E-state index contributed by atoms with van der Waals surface area (Å²) in [6.07, 6.45) is 2.01. The fourth-order valence-electron chi connectivity index (χ4n) is 2.74. The van der Waals surface area contributed by atoms with Crippen LogP contribution in [0, 0.1) is 0 Å². The normalized spacial score (nSPS) is 29.5. The number of rotatable bonds is 6. The van der Waals surface area contributed by atoms with E-state index in [0.717, 1.165) is 13.2 Å². The fraction of sp³-hybridized carbons (Fsp3) is 1.00. The molecule has 0 aromatic rings. The summed E-state index contributed by atoms with van der Waals surface area (Å²) in [7, 11) is -7.69. The molecule has 0 aliphatic carbocycles. The van der Waals surface area contributed by atoms with E-state index in [-0.39, 0.29) is 31.4 Å². The molecule has 0 bridgehead atoms. The van der Waals surface area contributed by atoms with E-state index in [1.807, 2.05) is 0 Å². The number of ether oxygens (including phenoxy) is 3. The Morgan fingerprint density at radius 1 is 0.968 bits per heavy atom. The predicted octanol–water partition coefficient (Wildman–Crippen LogP) is -1.69. The van der Waals surface area contributed by atoms with Crippen molar-refractivity contribution in [2.75, 3.05) is 26.0 Å². The Hall–Kier alpha value is 0.450. The highest BCUT2D eigenvalue weighted by molar-refractivity contribution is 7.48. The van der Waals surface area contributed by atoms with Gasteiger partial charge < -0.3 is 53.5 Å². The Bertz CT molecular complexity index is 529. The molecule has 0 amide bonds. The van der Waals surface area contributed by atoms with Gasteiger partial charge in [-0.3, -0.25) is 9.09 Å². The molecule has 0 spiro atoms. The second-order valence-electron chi connectivity index (χ2n) is 6.75. The molecule has 31 heavy (non-hydrogen) atoms. The van der Waals surface area contributed by atoms with Crippen molar-refractivity contribution in [1.29, 1.82) is 0 Å². The van der Waals surface area contributed by atoms with E-state index < -0.39 is 28.0 Å². The summed E-state index contributed by atoms with van der Waals surface area (Å²) < 4.78 is 39.3. The molecule has 0 aromatic carbocycles. The van der Waals surface area contributed by atoms with Crippen LogP contribution in [0.4, 0.5) is 0 Å². The molecular formula is C15H32O13P3-3. The van der Waals surface area contributed by atoms with Crippen LogP contribution in [0.2, 0.25) is 0 Å². The monoisotopic (exact) mass is 513 g/mol. The van der Waals surface area contributed by atoms with Crippen molar-refractivity contribution in [2.45, 2.75) is 69.7 Å². The van der Waals surface area contributed by atoms with Crippen molar-refractivity contribution < 1.29 is 62.5 Å². The maximum atomic E-state index is 10.2. The molecule has 3 fully saturated rings. The summed E-state index contributed by atoms with van der Waals surface area (Å²) in [6.45, 7) is 1.83. The van der Waals surface area contributed by atoms with Gasteiger partial charge in [0.05, 0.1) is 18.8 Å². The average Bonchev–Trinajstić information content (AvgIpc) is 3.44. The second kappa shape index (κ2) is 17.0. The third-order valence-corrected chi connectivity index (χ3v) is 5.47. The molecular weight excluding hydrogens is 481 g/mol. The van der Waals surface area contributed by atoms with E-state index in [0.29, 0.717) is 25.7 Å². The van der Waals surface area contributed by atoms with Crippen LogP contribution in [0.15, 0.2) is 0 Å². The molecule has 13 nitrogen and oxygen atoms in total. The number of phosphoric ester groups is 1. The lowest BCUT2D eigenvalue weighted by Gasteiger charge is -2.30. The highest BCUT2D eigenvalue weighted by atomic mass is 31.2. The second-order valence-corrected chi connectivity index (χ2v) is 9.57. The maximum Gasteiger partial charge on any atom is 0.267 e. The summed E-state index contributed by atoms with van der Waals surface area (Å²) >= 11 is 0. The van der Waals surface area contributed by atoms with Gasteiger partial charge in [0.2, 0.25) is 0 Å². The molecule has 188 valence electrons. The van der Waals surface area contributed by atoms with Crippen molar-refractivity contribution in [3.8, 4) is 0 Å². The summed E-state index contributed by atoms with van der Waals surface area (Å²) in [4.78, 5) is 45.8. The minimum atomic E-state index is -4.71. The zero-order chi connectivity index (χ0) is 23.9. The molecule has 3 aliphatic heterocycles. The third kappa shape index (κ3) is 18.6. The number of aliphatic hydroxyl groups excluding tert-OH is 2. The van der Waals surface area contributed by atoms with Gasteiger partial charge in [-0.25, -0.2) is 0 Å². The molecule has 0 radical (unpaired) electrons. The zero-order valence-corrected chi connectivity index (χ0v) is 20.0. The van der Waals surface area contributed by atoms with Crippen LogP contribution < -0.4 is 14.7 Å². The summed E-state index contributed by atoms with van der Waals surface area (Å²) in [5.41, 5.74) is 0. The van der Waals surface area contributed by atoms with Crippen molar-refractivity contribution in [2.24, 2.45) is 0 Å². The van der Waals surface area contributed by atoms with Crippen molar-refractivity contribution in [1.82, 2.24) is 0 Å². The first kappa shape index (κ1) is 31.4. The largest absolute Gasteiger partial charge is 0.811 e. The van der Waals surface area contributed by atoms with E-state index >= 15 is 0 Å².